The summed E-state index contributed by atoms with van der Waals surface area (Å²) in [6.07, 6.45) is 3.37. The Bertz CT molecular complexity index is 746. The van der Waals surface area contributed by atoms with Crippen LogP contribution in [0, 0.1) is 0 Å². The number of thioether (sulfide) groups is 1. The summed E-state index contributed by atoms with van der Waals surface area (Å²) < 4.78 is 37.5. The van der Waals surface area contributed by atoms with Crippen molar-refractivity contribution in [3.63, 3.8) is 0 Å². The monoisotopic (exact) mass is 340 g/mol. The average Bonchev–Trinajstić information content (AvgIpc) is 2.54. The molecular formula is C14H16N2O4S2. The first-order valence-corrected chi connectivity index (χ1v) is 8.96. The van der Waals surface area contributed by atoms with Gasteiger partial charge in [0.25, 0.3) is 10.0 Å². The molecule has 1 heterocycles. The SMILES string of the molecule is COc1ccc(S(=O)(=O)Nc2ccc(SC)nc2)cc1OC. The molecule has 0 saturated heterocycles. The molecule has 0 saturated carbocycles. The zero-order valence-corrected chi connectivity index (χ0v) is 14.0. The van der Waals surface area contributed by atoms with Crippen molar-refractivity contribution in [3.8, 4) is 11.5 Å². The van der Waals surface area contributed by atoms with Gasteiger partial charge in [-0.1, -0.05) is 0 Å². The number of methoxy groups -OCH3 is 2. The fourth-order valence-corrected chi connectivity index (χ4v) is 3.18. The van der Waals surface area contributed by atoms with Crippen molar-refractivity contribution in [1.82, 2.24) is 4.98 Å². The van der Waals surface area contributed by atoms with Gasteiger partial charge in [-0.2, -0.15) is 0 Å². The van der Waals surface area contributed by atoms with Gasteiger partial charge in [0.1, 0.15) is 0 Å². The highest BCUT2D eigenvalue weighted by Gasteiger charge is 2.17. The minimum Gasteiger partial charge on any atom is -0.493 e. The highest BCUT2D eigenvalue weighted by Crippen LogP contribution is 2.30. The minimum atomic E-state index is -3.72. The van der Waals surface area contributed by atoms with E-state index in [1.54, 1.807) is 18.2 Å². The molecule has 0 atom stereocenters. The maximum atomic E-state index is 12.4. The summed E-state index contributed by atoms with van der Waals surface area (Å²) in [6, 6.07) is 7.81. The van der Waals surface area contributed by atoms with Gasteiger partial charge in [0.15, 0.2) is 11.5 Å². The molecule has 118 valence electrons. The summed E-state index contributed by atoms with van der Waals surface area (Å²) in [5.41, 5.74) is 0.396. The Hall–Kier alpha value is -1.93. The Morgan fingerprint density at radius 1 is 1.09 bits per heavy atom. The summed E-state index contributed by atoms with van der Waals surface area (Å²) in [7, 11) is -0.782. The van der Waals surface area contributed by atoms with Crippen LogP contribution in [0.4, 0.5) is 5.69 Å². The van der Waals surface area contributed by atoms with Crippen LogP contribution in [0.5, 0.6) is 11.5 Å². The standard InChI is InChI=1S/C14H16N2O4S2/c1-19-12-6-5-11(8-13(12)20-2)22(17,18)16-10-4-7-14(21-3)15-9-10/h4-9,16H,1-3H3. The molecule has 2 rings (SSSR count). The highest BCUT2D eigenvalue weighted by atomic mass is 32.2. The third kappa shape index (κ3) is 3.63. The summed E-state index contributed by atoms with van der Waals surface area (Å²) in [5, 5.41) is 0.814. The number of hydrogen-bond donors (Lipinski definition) is 1. The Labute approximate surface area is 133 Å². The van der Waals surface area contributed by atoms with Gasteiger partial charge >= 0.3 is 0 Å². The second-order valence-corrected chi connectivity index (χ2v) is 6.72. The molecule has 0 spiro atoms. The van der Waals surface area contributed by atoms with E-state index >= 15 is 0 Å². The number of nitrogens with zero attached hydrogens (tertiary/aromatic N) is 1. The van der Waals surface area contributed by atoms with E-state index in [0.717, 1.165) is 5.03 Å². The predicted molar refractivity (Wildman–Crippen MR) is 86.4 cm³/mol. The largest absolute Gasteiger partial charge is 0.493 e. The molecular weight excluding hydrogens is 324 g/mol. The van der Waals surface area contributed by atoms with Gasteiger partial charge in [0.05, 0.1) is 36.0 Å². The molecule has 6 nitrogen and oxygen atoms in total. The minimum absolute atomic E-state index is 0.0825. The topological polar surface area (TPSA) is 77.5 Å². The number of rotatable bonds is 6. The Balaban J connectivity index is 2.29. The number of ether oxygens (including phenoxy) is 2. The third-order valence-corrected chi connectivity index (χ3v) is 4.90. The van der Waals surface area contributed by atoms with E-state index in [2.05, 4.69) is 9.71 Å². The van der Waals surface area contributed by atoms with E-state index in [4.69, 9.17) is 9.47 Å². The smallest absolute Gasteiger partial charge is 0.262 e. The third-order valence-electron chi connectivity index (χ3n) is 2.86. The Morgan fingerprint density at radius 2 is 1.82 bits per heavy atom. The molecule has 1 aromatic heterocycles. The zero-order valence-electron chi connectivity index (χ0n) is 12.4. The van der Waals surface area contributed by atoms with Crippen molar-refractivity contribution in [2.75, 3.05) is 25.2 Å². The molecule has 1 N–H and O–H groups in total. The molecule has 2 aromatic rings. The molecule has 0 aliphatic heterocycles. The maximum Gasteiger partial charge on any atom is 0.262 e. The second kappa shape index (κ2) is 6.89. The lowest BCUT2D eigenvalue weighted by atomic mass is 10.3. The van der Waals surface area contributed by atoms with Gasteiger partial charge in [-0.25, -0.2) is 13.4 Å². The Morgan fingerprint density at radius 3 is 2.36 bits per heavy atom. The molecule has 0 unspecified atom stereocenters. The Kier molecular flexibility index (Phi) is 5.15. The predicted octanol–water partition coefficient (Wildman–Crippen LogP) is 2.62. The van der Waals surface area contributed by atoms with Crippen LogP contribution in [0.3, 0.4) is 0 Å². The fraction of sp³-hybridized carbons (Fsp3) is 0.214. The van der Waals surface area contributed by atoms with Gasteiger partial charge in [-0.3, -0.25) is 4.72 Å². The lowest BCUT2D eigenvalue weighted by molar-refractivity contribution is 0.354. The quantitative estimate of drug-likeness (QED) is 0.815. The van der Waals surface area contributed by atoms with Gasteiger partial charge < -0.3 is 9.47 Å². The number of anilines is 1. The second-order valence-electron chi connectivity index (χ2n) is 4.21. The van der Waals surface area contributed by atoms with Crippen molar-refractivity contribution in [2.24, 2.45) is 0 Å². The van der Waals surface area contributed by atoms with Crippen LogP contribution in [0.1, 0.15) is 0 Å². The summed E-state index contributed by atoms with van der Waals surface area (Å²) in [4.78, 5) is 4.21. The van der Waals surface area contributed by atoms with Crippen molar-refractivity contribution in [3.05, 3.63) is 36.5 Å². The van der Waals surface area contributed by atoms with Crippen LogP contribution in [0.2, 0.25) is 0 Å². The summed E-state index contributed by atoms with van der Waals surface area (Å²) in [6.45, 7) is 0. The van der Waals surface area contributed by atoms with Gasteiger partial charge in [0, 0.05) is 6.07 Å². The van der Waals surface area contributed by atoms with Gasteiger partial charge in [-0.15, -0.1) is 11.8 Å². The molecule has 0 aliphatic carbocycles. The average molecular weight is 340 g/mol. The van der Waals surface area contributed by atoms with Crippen LogP contribution < -0.4 is 14.2 Å². The van der Waals surface area contributed by atoms with Crippen LogP contribution in [-0.4, -0.2) is 33.9 Å². The van der Waals surface area contributed by atoms with Gasteiger partial charge in [0.2, 0.25) is 0 Å². The molecule has 0 aliphatic rings. The lowest BCUT2D eigenvalue weighted by Crippen LogP contribution is -2.13. The number of nitrogens with one attached hydrogen (secondary N) is 1. The van der Waals surface area contributed by atoms with Crippen LogP contribution >= 0.6 is 11.8 Å². The van der Waals surface area contributed by atoms with E-state index < -0.39 is 10.0 Å². The number of pyridine rings is 1. The molecule has 8 heteroatoms. The van der Waals surface area contributed by atoms with Crippen molar-refractivity contribution in [1.29, 1.82) is 0 Å². The van der Waals surface area contributed by atoms with E-state index in [1.807, 2.05) is 6.26 Å². The van der Waals surface area contributed by atoms with E-state index in [0.29, 0.717) is 17.2 Å². The van der Waals surface area contributed by atoms with Gasteiger partial charge in [-0.05, 0) is 30.5 Å². The van der Waals surface area contributed by atoms with Crippen molar-refractivity contribution in [2.45, 2.75) is 9.92 Å². The molecule has 0 fully saturated rings. The number of aromatic nitrogens is 1. The zero-order chi connectivity index (χ0) is 16.2. The fourth-order valence-electron chi connectivity index (χ4n) is 1.76. The first kappa shape index (κ1) is 16.4. The number of hydrogen-bond acceptors (Lipinski definition) is 6. The molecule has 0 radical (unpaired) electrons. The van der Waals surface area contributed by atoms with E-state index in [1.165, 1.54) is 44.3 Å². The van der Waals surface area contributed by atoms with E-state index in [-0.39, 0.29) is 4.90 Å². The maximum absolute atomic E-state index is 12.4. The highest BCUT2D eigenvalue weighted by molar-refractivity contribution is 7.98. The number of benzene rings is 1. The van der Waals surface area contributed by atoms with E-state index in [9.17, 15) is 8.42 Å². The van der Waals surface area contributed by atoms with Crippen LogP contribution in [0.15, 0.2) is 46.5 Å². The summed E-state index contributed by atoms with van der Waals surface area (Å²) >= 11 is 1.48. The van der Waals surface area contributed by atoms with Crippen LogP contribution in [0.25, 0.3) is 0 Å². The first-order valence-electron chi connectivity index (χ1n) is 6.25. The molecule has 1 aromatic carbocycles. The normalized spacial score (nSPS) is 11.0. The van der Waals surface area contributed by atoms with Crippen LogP contribution in [-0.2, 0) is 10.0 Å². The number of sulfonamides is 1. The lowest BCUT2D eigenvalue weighted by Gasteiger charge is -2.11. The summed E-state index contributed by atoms with van der Waals surface area (Å²) in [5.74, 6) is 0.814. The molecule has 22 heavy (non-hydrogen) atoms. The van der Waals surface area contributed by atoms with Crippen molar-refractivity contribution < 1.29 is 17.9 Å². The molecule has 0 bridgehead atoms. The molecule has 0 amide bonds. The van der Waals surface area contributed by atoms with Crippen molar-refractivity contribution >= 4 is 27.5 Å². The first-order chi connectivity index (χ1) is 10.5.